The number of piperidine rings is 1. The maximum absolute atomic E-state index is 13.8. The molecule has 3 rings (SSSR count). The van der Waals surface area contributed by atoms with Crippen LogP contribution in [0.15, 0.2) is 34.9 Å². The summed E-state index contributed by atoms with van der Waals surface area (Å²) in [6, 6.07) is 6.53. The highest BCUT2D eigenvalue weighted by atomic mass is 32.2. The summed E-state index contributed by atoms with van der Waals surface area (Å²) in [6.45, 7) is 9.80. The van der Waals surface area contributed by atoms with Gasteiger partial charge >= 0.3 is 0 Å². The summed E-state index contributed by atoms with van der Waals surface area (Å²) < 4.78 is 29.0. The fraction of sp³-hybridized carbons (Fsp3) is 0.565. The van der Waals surface area contributed by atoms with Crippen LogP contribution in [-0.4, -0.2) is 55.4 Å². The van der Waals surface area contributed by atoms with Crippen LogP contribution in [0.1, 0.15) is 67.7 Å². The Morgan fingerprint density at radius 3 is 1.93 bits per heavy atom. The summed E-state index contributed by atoms with van der Waals surface area (Å²) in [5, 5.41) is 0. The van der Waals surface area contributed by atoms with Crippen LogP contribution < -0.4 is 0 Å². The van der Waals surface area contributed by atoms with Crippen molar-refractivity contribution < 1.29 is 18.0 Å². The van der Waals surface area contributed by atoms with Gasteiger partial charge < -0.3 is 4.90 Å². The van der Waals surface area contributed by atoms with E-state index in [1.165, 1.54) is 4.31 Å². The van der Waals surface area contributed by atoms with Crippen molar-refractivity contribution in [1.82, 2.24) is 9.21 Å². The summed E-state index contributed by atoms with van der Waals surface area (Å²) in [5.41, 5.74) is 0.512. The number of carbonyl (C=O) groups excluding carboxylic acids is 2. The lowest BCUT2D eigenvalue weighted by Crippen LogP contribution is -2.46. The van der Waals surface area contributed by atoms with Gasteiger partial charge in [-0.1, -0.05) is 52.0 Å². The number of Topliss-reactive ketones (excluding diaryl/α,β-unsaturated/α-hetero) is 2. The minimum atomic E-state index is -4.11. The fourth-order valence-electron chi connectivity index (χ4n) is 4.67. The number of hydrogen-bond donors (Lipinski definition) is 0. The molecule has 30 heavy (non-hydrogen) atoms. The van der Waals surface area contributed by atoms with Crippen molar-refractivity contribution in [2.45, 2.75) is 47.0 Å². The highest BCUT2D eigenvalue weighted by molar-refractivity contribution is 7.94. The first kappa shape index (κ1) is 22.7. The summed E-state index contributed by atoms with van der Waals surface area (Å²) in [6.07, 6.45) is 2.45. The van der Waals surface area contributed by atoms with Crippen LogP contribution in [0.5, 0.6) is 0 Å². The zero-order valence-corrected chi connectivity index (χ0v) is 19.2. The van der Waals surface area contributed by atoms with Crippen molar-refractivity contribution in [3.8, 4) is 0 Å². The number of benzene rings is 1. The van der Waals surface area contributed by atoms with Gasteiger partial charge in [0.05, 0.1) is 0 Å². The van der Waals surface area contributed by atoms with E-state index in [1.807, 2.05) is 27.7 Å². The number of nitrogens with zero attached hydrogens (tertiary/aromatic N) is 2. The molecular formula is C23H32N2O4S. The summed E-state index contributed by atoms with van der Waals surface area (Å²) >= 11 is 0. The van der Waals surface area contributed by atoms with E-state index in [0.717, 1.165) is 19.3 Å². The molecule has 2 atom stereocenters. The van der Waals surface area contributed by atoms with Gasteiger partial charge in [-0.15, -0.1) is 0 Å². The monoisotopic (exact) mass is 432 g/mol. The Kier molecular flexibility index (Phi) is 6.82. The SMILES string of the molecule is CCCN(CCC)C1=C(S(=O)(=O)N2CC(C)CC(C)C2)C(=O)c2ccccc2C1=O. The van der Waals surface area contributed by atoms with E-state index < -0.39 is 15.8 Å². The molecule has 2 unspecified atom stereocenters. The molecule has 1 aromatic carbocycles. The third-order valence-electron chi connectivity index (χ3n) is 5.79. The van der Waals surface area contributed by atoms with E-state index in [-0.39, 0.29) is 39.3 Å². The molecule has 1 aromatic rings. The lowest BCUT2D eigenvalue weighted by molar-refractivity contribution is 0.0945. The van der Waals surface area contributed by atoms with Crippen molar-refractivity contribution in [3.05, 3.63) is 46.0 Å². The Balaban J connectivity index is 2.22. The number of rotatable bonds is 7. The Morgan fingerprint density at radius 2 is 1.43 bits per heavy atom. The number of allylic oxidation sites excluding steroid dienone is 2. The standard InChI is InChI=1S/C23H32N2O4S/c1-5-11-24(12-6-2)20-21(26)18-9-7-8-10-19(18)22(27)23(20)30(28,29)25-14-16(3)13-17(4)15-25/h7-10,16-17H,5-6,11-15H2,1-4H3. The van der Waals surface area contributed by atoms with Gasteiger partial charge in [0.25, 0.3) is 0 Å². The molecule has 7 heteroatoms. The maximum atomic E-state index is 13.8. The van der Waals surface area contributed by atoms with Crippen LogP contribution in [-0.2, 0) is 10.0 Å². The Bertz CT molecular complexity index is 951. The Labute approximate surface area is 180 Å². The predicted octanol–water partition coefficient (Wildman–Crippen LogP) is 3.71. The molecule has 1 aliphatic carbocycles. The Morgan fingerprint density at radius 1 is 0.933 bits per heavy atom. The van der Waals surface area contributed by atoms with Gasteiger partial charge in [0, 0.05) is 37.3 Å². The average molecular weight is 433 g/mol. The van der Waals surface area contributed by atoms with E-state index in [0.29, 0.717) is 26.2 Å². The lowest BCUT2D eigenvalue weighted by Gasteiger charge is -2.37. The summed E-state index contributed by atoms with van der Waals surface area (Å²) in [4.78, 5) is 28.4. The van der Waals surface area contributed by atoms with Crippen LogP contribution >= 0.6 is 0 Å². The second-order valence-electron chi connectivity index (χ2n) is 8.64. The topological polar surface area (TPSA) is 74.8 Å². The minimum absolute atomic E-state index is 0.0493. The first-order chi connectivity index (χ1) is 14.2. The van der Waals surface area contributed by atoms with Crippen LogP contribution in [0.2, 0.25) is 0 Å². The molecule has 1 aliphatic heterocycles. The van der Waals surface area contributed by atoms with Gasteiger partial charge in [-0.3, -0.25) is 9.59 Å². The second kappa shape index (κ2) is 9.02. The fourth-order valence-corrected chi connectivity index (χ4v) is 6.64. The molecule has 0 saturated carbocycles. The zero-order valence-electron chi connectivity index (χ0n) is 18.3. The van der Waals surface area contributed by atoms with Crippen LogP contribution in [0.25, 0.3) is 0 Å². The van der Waals surface area contributed by atoms with E-state index in [1.54, 1.807) is 29.2 Å². The molecule has 0 spiro atoms. The molecule has 1 fully saturated rings. The molecule has 0 amide bonds. The van der Waals surface area contributed by atoms with Crippen LogP contribution in [0.4, 0.5) is 0 Å². The quantitative estimate of drug-likeness (QED) is 0.657. The normalized spacial score (nSPS) is 22.9. The highest BCUT2D eigenvalue weighted by Crippen LogP contribution is 2.35. The van der Waals surface area contributed by atoms with Gasteiger partial charge in [0.15, 0.2) is 4.91 Å². The molecule has 0 radical (unpaired) electrons. The molecule has 0 bridgehead atoms. The molecule has 0 N–H and O–H groups in total. The third kappa shape index (κ3) is 4.10. The number of ketones is 2. The van der Waals surface area contributed by atoms with Gasteiger partial charge in [-0.05, 0) is 31.1 Å². The number of fused-ring (bicyclic) bond motifs is 1. The highest BCUT2D eigenvalue weighted by Gasteiger charge is 2.44. The maximum Gasteiger partial charge on any atom is 0.249 e. The lowest BCUT2D eigenvalue weighted by atomic mass is 9.91. The zero-order chi connectivity index (χ0) is 22.1. The molecule has 164 valence electrons. The summed E-state index contributed by atoms with van der Waals surface area (Å²) in [7, 11) is -4.11. The smallest absolute Gasteiger partial charge is 0.249 e. The minimum Gasteiger partial charge on any atom is -0.367 e. The van der Waals surface area contributed by atoms with Gasteiger partial charge in [-0.25, -0.2) is 8.42 Å². The van der Waals surface area contributed by atoms with Crippen molar-refractivity contribution in [2.75, 3.05) is 26.2 Å². The van der Waals surface area contributed by atoms with Crippen LogP contribution in [0.3, 0.4) is 0 Å². The number of hydrogen-bond acceptors (Lipinski definition) is 5. The molecular weight excluding hydrogens is 400 g/mol. The molecule has 0 aromatic heterocycles. The largest absolute Gasteiger partial charge is 0.367 e. The molecule has 2 aliphatic rings. The van der Waals surface area contributed by atoms with Gasteiger partial charge in [0.1, 0.15) is 5.70 Å². The first-order valence-corrected chi connectivity index (χ1v) is 12.3. The predicted molar refractivity (Wildman–Crippen MR) is 118 cm³/mol. The summed E-state index contributed by atoms with van der Waals surface area (Å²) in [5.74, 6) is -0.527. The van der Waals surface area contributed by atoms with Crippen molar-refractivity contribution in [3.63, 3.8) is 0 Å². The van der Waals surface area contributed by atoms with E-state index in [9.17, 15) is 18.0 Å². The second-order valence-corrected chi connectivity index (χ2v) is 10.5. The molecule has 1 heterocycles. The third-order valence-corrected chi connectivity index (χ3v) is 7.66. The van der Waals surface area contributed by atoms with E-state index >= 15 is 0 Å². The molecule has 6 nitrogen and oxygen atoms in total. The average Bonchev–Trinajstić information content (AvgIpc) is 2.69. The van der Waals surface area contributed by atoms with Crippen molar-refractivity contribution in [2.24, 2.45) is 11.8 Å². The van der Waals surface area contributed by atoms with Crippen LogP contribution in [0, 0.1) is 11.8 Å². The number of carbonyl (C=O) groups is 2. The first-order valence-electron chi connectivity index (χ1n) is 10.9. The van der Waals surface area contributed by atoms with Gasteiger partial charge in [0.2, 0.25) is 21.6 Å². The van der Waals surface area contributed by atoms with Gasteiger partial charge in [-0.2, -0.15) is 4.31 Å². The van der Waals surface area contributed by atoms with Crippen molar-refractivity contribution >= 4 is 21.6 Å². The Hall–Kier alpha value is -1.99. The molecule has 1 saturated heterocycles. The van der Waals surface area contributed by atoms with E-state index in [4.69, 9.17) is 0 Å². The van der Waals surface area contributed by atoms with Crippen molar-refractivity contribution in [1.29, 1.82) is 0 Å². The number of sulfonamides is 1. The van der Waals surface area contributed by atoms with E-state index in [2.05, 4.69) is 0 Å².